The molecule has 0 aliphatic rings. The smallest absolute Gasteiger partial charge is 0.239 e. The van der Waals surface area contributed by atoms with Crippen molar-refractivity contribution in [3.8, 4) is 0 Å². The van der Waals surface area contributed by atoms with Crippen molar-refractivity contribution in [2.45, 2.75) is 40.2 Å². The number of amides is 1. The van der Waals surface area contributed by atoms with Gasteiger partial charge in [0.2, 0.25) is 5.91 Å². The molecule has 0 fully saturated rings. The summed E-state index contributed by atoms with van der Waals surface area (Å²) in [6.45, 7) is 7.79. The third-order valence-corrected chi connectivity index (χ3v) is 2.68. The highest BCUT2D eigenvalue weighted by atomic mass is 35.5. The van der Waals surface area contributed by atoms with E-state index in [9.17, 15) is 4.79 Å². The maximum Gasteiger partial charge on any atom is 0.239 e. The summed E-state index contributed by atoms with van der Waals surface area (Å²) in [5, 5.41) is 6.21. The van der Waals surface area contributed by atoms with Gasteiger partial charge in [-0.2, -0.15) is 0 Å². The molecule has 18 heavy (non-hydrogen) atoms. The lowest BCUT2D eigenvalue weighted by Crippen LogP contribution is -2.35. The zero-order chi connectivity index (χ0) is 13.7. The average Bonchev–Trinajstić information content (AvgIpc) is 2.30. The van der Waals surface area contributed by atoms with Gasteiger partial charge < -0.3 is 10.6 Å². The first-order valence-corrected chi connectivity index (χ1v) is 6.38. The molecular formula is C12H19ClN4O. The summed E-state index contributed by atoms with van der Waals surface area (Å²) in [7, 11) is 0. The quantitative estimate of drug-likeness (QED) is 0.803. The fraction of sp³-hybridized carbons (Fsp3) is 0.583. The highest BCUT2D eigenvalue weighted by Gasteiger charge is 2.10. The Bertz CT molecular complexity index is 434. The van der Waals surface area contributed by atoms with Gasteiger partial charge in [0, 0.05) is 18.0 Å². The average molecular weight is 271 g/mol. The molecule has 0 atom stereocenters. The molecule has 0 unspecified atom stereocenters. The minimum atomic E-state index is -0.0721. The van der Waals surface area contributed by atoms with E-state index in [-0.39, 0.29) is 18.5 Å². The standard InChI is InChI=1S/C12H19ClN4O/c1-5-9-16-11(13)8(4)12(17-9)14-6-10(18)15-7(2)3/h7H,5-6H2,1-4H3,(H,15,18)(H,14,16,17). The molecule has 1 amide bonds. The molecule has 0 aliphatic heterocycles. The van der Waals surface area contributed by atoms with Crippen LogP contribution >= 0.6 is 11.6 Å². The number of nitrogens with zero attached hydrogens (tertiary/aromatic N) is 2. The molecule has 0 aliphatic carbocycles. The van der Waals surface area contributed by atoms with E-state index in [1.165, 1.54) is 0 Å². The Labute approximate surface area is 112 Å². The lowest BCUT2D eigenvalue weighted by molar-refractivity contribution is -0.119. The largest absolute Gasteiger partial charge is 0.361 e. The van der Waals surface area contributed by atoms with Crippen molar-refractivity contribution in [2.24, 2.45) is 0 Å². The lowest BCUT2D eigenvalue weighted by Gasteiger charge is -2.12. The van der Waals surface area contributed by atoms with Crippen LogP contribution in [0.25, 0.3) is 0 Å². The molecule has 0 radical (unpaired) electrons. The van der Waals surface area contributed by atoms with Crippen LogP contribution in [0.3, 0.4) is 0 Å². The molecule has 0 bridgehead atoms. The van der Waals surface area contributed by atoms with Gasteiger partial charge >= 0.3 is 0 Å². The summed E-state index contributed by atoms with van der Waals surface area (Å²) in [4.78, 5) is 20.0. The van der Waals surface area contributed by atoms with Gasteiger partial charge in [-0.1, -0.05) is 18.5 Å². The van der Waals surface area contributed by atoms with Gasteiger partial charge in [-0.15, -0.1) is 0 Å². The Morgan fingerprint density at radius 1 is 1.39 bits per heavy atom. The normalized spacial score (nSPS) is 10.6. The van der Waals surface area contributed by atoms with Crippen molar-refractivity contribution in [2.75, 3.05) is 11.9 Å². The first kappa shape index (κ1) is 14.7. The summed E-state index contributed by atoms with van der Waals surface area (Å²) in [6.07, 6.45) is 0.701. The third-order valence-electron chi connectivity index (χ3n) is 2.32. The highest BCUT2D eigenvalue weighted by molar-refractivity contribution is 6.30. The van der Waals surface area contributed by atoms with Gasteiger partial charge in [-0.25, -0.2) is 9.97 Å². The second kappa shape index (κ2) is 6.54. The number of rotatable bonds is 5. The number of halogens is 1. The molecule has 0 spiro atoms. The molecule has 5 nitrogen and oxygen atoms in total. The minimum absolute atomic E-state index is 0.0721. The molecule has 1 rings (SSSR count). The van der Waals surface area contributed by atoms with E-state index in [2.05, 4.69) is 20.6 Å². The maximum atomic E-state index is 11.5. The third kappa shape index (κ3) is 4.14. The van der Waals surface area contributed by atoms with Crippen molar-refractivity contribution < 1.29 is 4.79 Å². The number of aromatic nitrogens is 2. The van der Waals surface area contributed by atoms with E-state index in [1.807, 2.05) is 27.7 Å². The van der Waals surface area contributed by atoms with Crippen molar-refractivity contribution >= 4 is 23.3 Å². The van der Waals surface area contributed by atoms with Crippen molar-refractivity contribution in [3.05, 3.63) is 16.5 Å². The van der Waals surface area contributed by atoms with Gasteiger partial charge in [-0.3, -0.25) is 4.79 Å². The molecule has 100 valence electrons. The van der Waals surface area contributed by atoms with Crippen LogP contribution in [0.5, 0.6) is 0 Å². The van der Waals surface area contributed by atoms with E-state index in [0.29, 0.717) is 23.2 Å². The summed E-state index contributed by atoms with van der Waals surface area (Å²) in [6, 6.07) is 0.126. The Balaban J connectivity index is 2.72. The Morgan fingerprint density at radius 3 is 2.61 bits per heavy atom. The van der Waals surface area contributed by atoms with Crippen LogP contribution in [0.2, 0.25) is 5.15 Å². The maximum absolute atomic E-state index is 11.5. The first-order chi connectivity index (χ1) is 8.43. The van der Waals surface area contributed by atoms with E-state index in [4.69, 9.17) is 11.6 Å². The molecule has 1 aromatic rings. The predicted molar refractivity (Wildman–Crippen MR) is 72.9 cm³/mol. The number of carbonyl (C=O) groups excluding carboxylic acids is 1. The zero-order valence-corrected chi connectivity index (χ0v) is 11.9. The van der Waals surface area contributed by atoms with Crippen LogP contribution < -0.4 is 10.6 Å². The van der Waals surface area contributed by atoms with Gasteiger partial charge in [0.1, 0.15) is 16.8 Å². The fourth-order valence-corrected chi connectivity index (χ4v) is 1.59. The Morgan fingerprint density at radius 2 is 2.06 bits per heavy atom. The van der Waals surface area contributed by atoms with E-state index in [0.717, 1.165) is 5.56 Å². The summed E-state index contributed by atoms with van der Waals surface area (Å²) >= 11 is 6.01. The highest BCUT2D eigenvalue weighted by Crippen LogP contribution is 2.19. The van der Waals surface area contributed by atoms with Gasteiger partial charge in [0.05, 0.1) is 6.54 Å². The monoisotopic (exact) mass is 270 g/mol. The van der Waals surface area contributed by atoms with Gasteiger partial charge in [-0.05, 0) is 20.8 Å². The van der Waals surface area contributed by atoms with Crippen molar-refractivity contribution in [1.29, 1.82) is 0 Å². The minimum Gasteiger partial charge on any atom is -0.361 e. The molecule has 6 heteroatoms. The first-order valence-electron chi connectivity index (χ1n) is 6.00. The second-order valence-corrected chi connectivity index (χ2v) is 4.69. The second-order valence-electron chi connectivity index (χ2n) is 4.33. The molecule has 1 aromatic heterocycles. The van der Waals surface area contributed by atoms with Crippen LogP contribution in [-0.2, 0) is 11.2 Å². The lowest BCUT2D eigenvalue weighted by atomic mass is 10.3. The Hall–Kier alpha value is -1.36. The predicted octanol–water partition coefficient (Wildman–Crippen LogP) is 1.94. The van der Waals surface area contributed by atoms with Crippen LogP contribution in [0.4, 0.5) is 5.82 Å². The summed E-state index contributed by atoms with van der Waals surface area (Å²) < 4.78 is 0. The number of nitrogens with one attached hydrogen (secondary N) is 2. The number of anilines is 1. The van der Waals surface area contributed by atoms with Gasteiger partial charge in [0.15, 0.2) is 0 Å². The van der Waals surface area contributed by atoms with Gasteiger partial charge in [0.25, 0.3) is 0 Å². The number of carbonyl (C=O) groups is 1. The van der Waals surface area contributed by atoms with E-state index in [1.54, 1.807) is 0 Å². The SMILES string of the molecule is CCc1nc(Cl)c(C)c(NCC(=O)NC(C)C)n1. The molecule has 0 saturated carbocycles. The fourth-order valence-electron chi connectivity index (χ4n) is 1.40. The number of hydrogen-bond donors (Lipinski definition) is 2. The van der Waals surface area contributed by atoms with E-state index >= 15 is 0 Å². The van der Waals surface area contributed by atoms with E-state index < -0.39 is 0 Å². The van der Waals surface area contributed by atoms with Crippen LogP contribution in [-0.4, -0.2) is 28.5 Å². The summed E-state index contributed by atoms with van der Waals surface area (Å²) in [5.41, 5.74) is 0.756. The molecule has 0 saturated heterocycles. The molecular weight excluding hydrogens is 252 g/mol. The van der Waals surface area contributed by atoms with Crippen LogP contribution in [0.15, 0.2) is 0 Å². The van der Waals surface area contributed by atoms with Crippen molar-refractivity contribution in [3.63, 3.8) is 0 Å². The molecule has 0 aromatic carbocycles. The van der Waals surface area contributed by atoms with Crippen LogP contribution in [0.1, 0.15) is 32.2 Å². The van der Waals surface area contributed by atoms with Crippen molar-refractivity contribution in [1.82, 2.24) is 15.3 Å². The van der Waals surface area contributed by atoms with Crippen LogP contribution in [0, 0.1) is 6.92 Å². The number of aryl methyl sites for hydroxylation is 1. The molecule has 2 N–H and O–H groups in total. The zero-order valence-electron chi connectivity index (χ0n) is 11.2. The summed E-state index contributed by atoms with van der Waals surface area (Å²) in [5.74, 6) is 1.21. The Kier molecular flexibility index (Phi) is 5.34. The number of hydrogen-bond acceptors (Lipinski definition) is 4. The topological polar surface area (TPSA) is 66.9 Å². The molecule has 1 heterocycles.